The van der Waals surface area contributed by atoms with E-state index < -0.39 is 21.8 Å². The molecule has 0 aliphatic rings. The zero-order valence-corrected chi connectivity index (χ0v) is 11.3. The number of para-hydroxylation sites is 1. The highest BCUT2D eigenvalue weighted by molar-refractivity contribution is 7.91. The van der Waals surface area contributed by atoms with Crippen molar-refractivity contribution in [3.05, 3.63) is 18.2 Å². The highest BCUT2D eigenvalue weighted by Gasteiger charge is 2.22. The minimum Gasteiger partial charge on any atom is -0.369 e. The second-order valence-electron chi connectivity index (χ2n) is 4.31. The number of benzene rings is 1. The summed E-state index contributed by atoms with van der Waals surface area (Å²) in [5, 5.41) is 0. The van der Waals surface area contributed by atoms with Crippen LogP contribution in [0.15, 0.2) is 23.1 Å². The maximum atomic E-state index is 11.7. The number of anilines is 1. The van der Waals surface area contributed by atoms with Gasteiger partial charge in [-0.15, -0.1) is 0 Å². The standard InChI is InChI=1S/C11H14N4O3S/c1-6(10(12)16)15-7-4-3-5-8(19(2,17)18)9(7)14-11(15)13/h3-6H,1-2H3,(H2,12,16)(H2,13,14). The normalized spacial score (nSPS) is 13.6. The molecule has 19 heavy (non-hydrogen) atoms. The second kappa shape index (κ2) is 4.23. The highest BCUT2D eigenvalue weighted by atomic mass is 32.2. The number of carbonyl (C=O) groups is 1. The van der Waals surface area contributed by atoms with Gasteiger partial charge in [-0.2, -0.15) is 0 Å². The van der Waals surface area contributed by atoms with E-state index in [-0.39, 0.29) is 16.4 Å². The van der Waals surface area contributed by atoms with E-state index in [1.807, 2.05) is 0 Å². The van der Waals surface area contributed by atoms with Gasteiger partial charge in [0, 0.05) is 6.26 Å². The van der Waals surface area contributed by atoms with Gasteiger partial charge in [-0.25, -0.2) is 13.4 Å². The van der Waals surface area contributed by atoms with Crippen molar-refractivity contribution in [3.63, 3.8) is 0 Å². The second-order valence-corrected chi connectivity index (χ2v) is 6.30. The number of primary amides is 1. The molecule has 1 aromatic heterocycles. The molecule has 0 fully saturated rings. The van der Waals surface area contributed by atoms with Crippen molar-refractivity contribution in [2.75, 3.05) is 12.0 Å². The summed E-state index contributed by atoms with van der Waals surface area (Å²) in [6, 6.07) is 3.96. The molecule has 1 heterocycles. The lowest BCUT2D eigenvalue weighted by Crippen LogP contribution is -2.24. The monoisotopic (exact) mass is 282 g/mol. The van der Waals surface area contributed by atoms with Crippen molar-refractivity contribution in [2.45, 2.75) is 17.9 Å². The lowest BCUT2D eigenvalue weighted by molar-refractivity contribution is -0.120. The molecular weight excluding hydrogens is 268 g/mol. The number of fused-ring (bicyclic) bond motifs is 1. The molecule has 0 spiro atoms. The molecule has 0 saturated carbocycles. The molecule has 4 N–H and O–H groups in total. The Hall–Kier alpha value is -2.09. The Balaban J connectivity index is 2.84. The lowest BCUT2D eigenvalue weighted by Gasteiger charge is -2.12. The van der Waals surface area contributed by atoms with Gasteiger partial charge in [0.15, 0.2) is 9.84 Å². The summed E-state index contributed by atoms with van der Waals surface area (Å²) in [6.45, 7) is 1.58. The fourth-order valence-electron chi connectivity index (χ4n) is 1.94. The maximum Gasteiger partial charge on any atom is 0.240 e. The SMILES string of the molecule is CC(C(N)=O)n1c(N)nc2c(S(C)(=O)=O)cccc21. The molecule has 1 aromatic carbocycles. The molecule has 8 heteroatoms. The Kier molecular flexibility index (Phi) is 2.97. The van der Waals surface area contributed by atoms with Crippen LogP contribution < -0.4 is 11.5 Å². The summed E-state index contributed by atoms with van der Waals surface area (Å²) in [5.74, 6) is -0.520. The number of imidazole rings is 1. The molecule has 1 atom stereocenters. The number of nitrogens with two attached hydrogens (primary N) is 2. The molecular formula is C11H14N4O3S. The van der Waals surface area contributed by atoms with Crippen LogP contribution in [0.2, 0.25) is 0 Å². The summed E-state index contributed by atoms with van der Waals surface area (Å²) in [7, 11) is -3.43. The number of carbonyl (C=O) groups excluding carboxylic acids is 1. The predicted octanol–water partition coefficient (Wildman–Crippen LogP) is 0.0683. The number of hydrogen-bond acceptors (Lipinski definition) is 5. The van der Waals surface area contributed by atoms with Gasteiger partial charge in [0.2, 0.25) is 11.9 Å². The van der Waals surface area contributed by atoms with Crippen LogP contribution in [0.5, 0.6) is 0 Å². The van der Waals surface area contributed by atoms with E-state index >= 15 is 0 Å². The van der Waals surface area contributed by atoms with Gasteiger partial charge in [-0.05, 0) is 19.1 Å². The van der Waals surface area contributed by atoms with Gasteiger partial charge in [0.1, 0.15) is 11.6 Å². The number of nitrogen functional groups attached to an aromatic ring is 1. The van der Waals surface area contributed by atoms with Crippen molar-refractivity contribution in [3.8, 4) is 0 Å². The molecule has 1 amide bonds. The zero-order valence-electron chi connectivity index (χ0n) is 10.5. The van der Waals surface area contributed by atoms with E-state index in [1.165, 1.54) is 10.6 Å². The predicted molar refractivity (Wildman–Crippen MR) is 71.2 cm³/mol. The van der Waals surface area contributed by atoms with E-state index in [2.05, 4.69) is 4.98 Å². The van der Waals surface area contributed by atoms with Crippen molar-refractivity contribution in [1.29, 1.82) is 0 Å². The zero-order chi connectivity index (χ0) is 14.4. The maximum absolute atomic E-state index is 11.7. The average molecular weight is 282 g/mol. The van der Waals surface area contributed by atoms with Crippen LogP contribution in [0.3, 0.4) is 0 Å². The largest absolute Gasteiger partial charge is 0.369 e. The number of rotatable bonds is 3. The molecule has 1 unspecified atom stereocenters. The number of nitrogens with zero attached hydrogens (tertiary/aromatic N) is 2. The van der Waals surface area contributed by atoms with Gasteiger partial charge in [0.05, 0.1) is 10.4 Å². The van der Waals surface area contributed by atoms with Crippen LogP contribution in [-0.4, -0.2) is 30.1 Å². The van der Waals surface area contributed by atoms with Crippen LogP contribution in [0, 0.1) is 0 Å². The first-order valence-corrected chi connectivity index (χ1v) is 7.38. The first kappa shape index (κ1) is 13.3. The average Bonchev–Trinajstić information content (AvgIpc) is 2.61. The molecule has 0 radical (unpaired) electrons. The third-order valence-electron chi connectivity index (χ3n) is 2.91. The van der Waals surface area contributed by atoms with E-state index in [0.29, 0.717) is 5.52 Å². The summed E-state index contributed by atoms with van der Waals surface area (Å²) < 4.78 is 24.8. The molecule has 7 nitrogen and oxygen atoms in total. The van der Waals surface area contributed by atoms with E-state index in [0.717, 1.165) is 6.26 Å². The van der Waals surface area contributed by atoms with Gasteiger partial charge in [-0.1, -0.05) is 6.07 Å². The highest BCUT2D eigenvalue weighted by Crippen LogP contribution is 2.27. The van der Waals surface area contributed by atoms with Crippen LogP contribution in [0.25, 0.3) is 11.0 Å². The van der Waals surface area contributed by atoms with Crippen molar-refractivity contribution in [1.82, 2.24) is 9.55 Å². The van der Waals surface area contributed by atoms with Crippen molar-refractivity contribution in [2.24, 2.45) is 5.73 Å². The minimum absolute atomic E-state index is 0.0531. The van der Waals surface area contributed by atoms with E-state index in [9.17, 15) is 13.2 Å². The van der Waals surface area contributed by atoms with Crippen molar-refractivity contribution >= 4 is 32.7 Å². The summed E-state index contributed by atoms with van der Waals surface area (Å²) >= 11 is 0. The fourth-order valence-corrected chi connectivity index (χ4v) is 2.77. The van der Waals surface area contributed by atoms with Gasteiger partial charge < -0.3 is 11.5 Å². The third-order valence-corrected chi connectivity index (χ3v) is 4.04. The Labute approximate surface area is 110 Å². The van der Waals surface area contributed by atoms with Gasteiger partial charge in [0.25, 0.3) is 0 Å². The topological polar surface area (TPSA) is 121 Å². The Morgan fingerprint density at radius 3 is 2.58 bits per heavy atom. The Morgan fingerprint density at radius 1 is 1.42 bits per heavy atom. The third kappa shape index (κ3) is 2.14. The minimum atomic E-state index is -3.43. The van der Waals surface area contributed by atoms with Gasteiger partial charge >= 0.3 is 0 Å². The Bertz CT molecular complexity index is 764. The first-order valence-electron chi connectivity index (χ1n) is 5.49. The quantitative estimate of drug-likeness (QED) is 0.825. The van der Waals surface area contributed by atoms with Gasteiger partial charge in [-0.3, -0.25) is 9.36 Å². The van der Waals surface area contributed by atoms with E-state index in [4.69, 9.17) is 11.5 Å². The molecule has 0 aliphatic heterocycles. The summed E-state index contributed by atoms with van der Waals surface area (Å²) in [5.41, 5.74) is 11.7. The number of aromatic nitrogens is 2. The van der Waals surface area contributed by atoms with Crippen LogP contribution in [-0.2, 0) is 14.6 Å². The van der Waals surface area contributed by atoms with Crippen molar-refractivity contribution < 1.29 is 13.2 Å². The van der Waals surface area contributed by atoms with Crippen LogP contribution in [0.4, 0.5) is 5.95 Å². The Morgan fingerprint density at radius 2 is 2.05 bits per heavy atom. The summed E-state index contributed by atoms with van der Waals surface area (Å²) in [4.78, 5) is 15.4. The molecule has 0 saturated heterocycles. The smallest absolute Gasteiger partial charge is 0.240 e. The van der Waals surface area contributed by atoms with Crippen LogP contribution >= 0.6 is 0 Å². The number of hydrogen-bond donors (Lipinski definition) is 2. The van der Waals surface area contributed by atoms with Crippen LogP contribution in [0.1, 0.15) is 13.0 Å². The molecule has 2 rings (SSSR count). The van der Waals surface area contributed by atoms with E-state index in [1.54, 1.807) is 19.1 Å². The lowest BCUT2D eigenvalue weighted by atomic mass is 10.2. The molecule has 102 valence electrons. The molecule has 0 aliphatic carbocycles. The molecule has 0 bridgehead atoms. The number of amides is 1. The number of sulfone groups is 1. The fraction of sp³-hybridized carbons (Fsp3) is 0.273. The molecule has 2 aromatic rings. The summed E-state index contributed by atoms with van der Waals surface area (Å²) in [6.07, 6.45) is 1.09. The first-order chi connectivity index (χ1) is 8.73.